The number of carbonyl (C=O) groups is 2. The van der Waals surface area contributed by atoms with E-state index in [0.717, 1.165) is 25.0 Å². The first-order valence-corrected chi connectivity index (χ1v) is 9.50. The van der Waals surface area contributed by atoms with Crippen LogP contribution in [0, 0.1) is 5.82 Å². The molecule has 2 aliphatic rings. The topological polar surface area (TPSA) is 71.5 Å². The fraction of sp³-hybridized carbons (Fsp3) is 0.381. The molecule has 2 aromatic rings. The number of pyridine rings is 1. The number of hydrogen-bond donors (Lipinski definition) is 1. The molecule has 0 spiro atoms. The van der Waals surface area contributed by atoms with Gasteiger partial charge in [0.25, 0.3) is 5.91 Å². The second-order valence-corrected chi connectivity index (χ2v) is 7.15. The van der Waals surface area contributed by atoms with Gasteiger partial charge in [-0.05, 0) is 42.7 Å². The van der Waals surface area contributed by atoms with Crippen LogP contribution in [0.5, 0.6) is 0 Å². The van der Waals surface area contributed by atoms with Crippen molar-refractivity contribution in [2.75, 3.05) is 13.2 Å². The van der Waals surface area contributed by atoms with Gasteiger partial charge in [-0.3, -0.25) is 14.6 Å². The molecule has 2 amide bonds. The molecule has 0 saturated carbocycles. The summed E-state index contributed by atoms with van der Waals surface area (Å²) in [5, 5.41) is 2.91. The van der Waals surface area contributed by atoms with Gasteiger partial charge in [-0.1, -0.05) is 12.1 Å². The van der Waals surface area contributed by atoms with Crippen molar-refractivity contribution >= 4 is 11.8 Å². The second kappa shape index (κ2) is 8.06. The van der Waals surface area contributed by atoms with Crippen molar-refractivity contribution in [1.29, 1.82) is 0 Å². The number of aromatic nitrogens is 1. The number of fused-ring (bicyclic) bond motifs is 1. The standard InChI is InChI=1S/C21H22FN3O3/c22-15-7-5-14(6-8-15)13-25-18(20-17(21(25)27)4-1-9-23-20)11-19(26)24-12-16-3-2-10-28-16/h1,4-9,16,18H,2-3,10-13H2,(H,24,26)/t16-,18-/m1/s1. The maximum absolute atomic E-state index is 13.2. The van der Waals surface area contributed by atoms with Crippen LogP contribution in [0.15, 0.2) is 42.6 Å². The van der Waals surface area contributed by atoms with Gasteiger partial charge in [0, 0.05) is 25.9 Å². The molecule has 1 fully saturated rings. The first-order chi connectivity index (χ1) is 13.6. The summed E-state index contributed by atoms with van der Waals surface area (Å²) in [6, 6.07) is 9.02. The minimum Gasteiger partial charge on any atom is -0.376 e. The summed E-state index contributed by atoms with van der Waals surface area (Å²) in [5.74, 6) is -0.633. The molecule has 0 unspecified atom stereocenters. The van der Waals surface area contributed by atoms with Crippen LogP contribution in [0.4, 0.5) is 4.39 Å². The number of carbonyl (C=O) groups excluding carboxylic acids is 2. The van der Waals surface area contributed by atoms with Gasteiger partial charge < -0.3 is 15.0 Å². The van der Waals surface area contributed by atoms with E-state index in [9.17, 15) is 14.0 Å². The Bertz CT molecular complexity index is 865. The highest BCUT2D eigenvalue weighted by Crippen LogP contribution is 2.35. The van der Waals surface area contributed by atoms with Crippen LogP contribution in [0.1, 0.15) is 46.9 Å². The van der Waals surface area contributed by atoms with E-state index in [2.05, 4.69) is 10.3 Å². The Labute approximate surface area is 162 Å². The number of halogens is 1. The predicted molar refractivity (Wildman–Crippen MR) is 99.9 cm³/mol. The lowest BCUT2D eigenvalue weighted by Crippen LogP contribution is -2.35. The lowest BCUT2D eigenvalue weighted by atomic mass is 10.1. The van der Waals surface area contributed by atoms with Gasteiger partial charge in [-0.15, -0.1) is 0 Å². The average Bonchev–Trinajstić information content (AvgIpc) is 3.31. The van der Waals surface area contributed by atoms with Crippen molar-refractivity contribution in [3.8, 4) is 0 Å². The highest BCUT2D eigenvalue weighted by atomic mass is 19.1. The van der Waals surface area contributed by atoms with Crippen LogP contribution in [0.2, 0.25) is 0 Å². The summed E-state index contributed by atoms with van der Waals surface area (Å²) >= 11 is 0. The molecular formula is C21H22FN3O3. The van der Waals surface area contributed by atoms with E-state index >= 15 is 0 Å². The van der Waals surface area contributed by atoms with E-state index in [1.165, 1.54) is 12.1 Å². The molecule has 4 rings (SSSR count). The minimum absolute atomic E-state index is 0.0647. The molecule has 0 aliphatic carbocycles. The SMILES string of the molecule is O=C(C[C@@H]1c2ncccc2C(=O)N1Cc1ccc(F)cc1)NC[C@H]1CCCO1. The van der Waals surface area contributed by atoms with E-state index in [0.29, 0.717) is 24.3 Å². The van der Waals surface area contributed by atoms with Gasteiger partial charge in [-0.25, -0.2) is 4.39 Å². The summed E-state index contributed by atoms with van der Waals surface area (Å²) < 4.78 is 18.7. The third kappa shape index (κ3) is 3.89. The van der Waals surface area contributed by atoms with Gasteiger partial charge >= 0.3 is 0 Å². The highest BCUT2D eigenvalue weighted by molar-refractivity contribution is 5.99. The Kier molecular flexibility index (Phi) is 5.34. The van der Waals surface area contributed by atoms with Crippen molar-refractivity contribution in [1.82, 2.24) is 15.2 Å². The zero-order valence-corrected chi connectivity index (χ0v) is 15.4. The largest absolute Gasteiger partial charge is 0.376 e. The first kappa shape index (κ1) is 18.6. The van der Waals surface area contributed by atoms with Crippen LogP contribution in [-0.2, 0) is 16.1 Å². The summed E-state index contributed by atoms with van der Waals surface area (Å²) in [5.41, 5.74) is 1.93. The zero-order valence-electron chi connectivity index (χ0n) is 15.4. The molecule has 1 saturated heterocycles. The summed E-state index contributed by atoms with van der Waals surface area (Å²) in [4.78, 5) is 31.4. The lowest BCUT2D eigenvalue weighted by molar-refractivity contribution is -0.122. The maximum atomic E-state index is 13.2. The van der Waals surface area contributed by atoms with Crippen molar-refractivity contribution < 1.29 is 18.7 Å². The van der Waals surface area contributed by atoms with Crippen LogP contribution < -0.4 is 5.32 Å². The van der Waals surface area contributed by atoms with E-state index in [4.69, 9.17) is 4.74 Å². The molecule has 3 heterocycles. The van der Waals surface area contributed by atoms with Crippen molar-refractivity contribution in [2.45, 2.75) is 38.0 Å². The Morgan fingerprint density at radius 2 is 2.11 bits per heavy atom. The normalized spacial score (nSPS) is 21.0. The Morgan fingerprint density at radius 3 is 2.86 bits per heavy atom. The molecule has 28 heavy (non-hydrogen) atoms. The molecule has 6 nitrogen and oxygen atoms in total. The number of rotatable bonds is 6. The van der Waals surface area contributed by atoms with Crippen LogP contribution in [0.3, 0.4) is 0 Å². The summed E-state index contributed by atoms with van der Waals surface area (Å²) in [6.07, 6.45) is 3.79. The van der Waals surface area contributed by atoms with Gasteiger partial charge in [0.15, 0.2) is 0 Å². The Balaban J connectivity index is 1.49. The summed E-state index contributed by atoms with van der Waals surface area (Å²) in [6.45, 7) is 1.51. The van der Waals surface area contributed by atoms with E-state index in [1.807, 2.05) is 0 Å². The van der Waals surface area contributed by atoms with E-state index in [1.54, 1.807) is 35.4 Å². The molecule has 2 aliphatic heterocycles. The predicted octanol–water partition coefficient (Wildman–Crippen LogP) is 2.60. The van der Waals surface area contributed by atoms with E-state index in [-0.39, 0.29) is 30.2 Å². The molecule has 1 aromatic heterocycles. The van der Waals surface area contributed by atoms with Gasteiger partial charge in [0.2, 0.25) is 5.91 Å². The van der Waals surface area contributed by atoms with Crippen LogP contribution in [-0.4, -0.2) is 41.0 Å². The van der Waals surface area contributed by atoms with Crippen LogP contribution in [0.25, 0.3) is 0 Å². The van der Waals surface area contributed by atoms with Gasteiger partial charge in [0.05, 0.1) is 29.8 Å². The molecule has 1 N–H and O–H groups in total. The van der Waals surface area contributed by atoms with E-state index < -0.39 is 6.04 Å². The molecule has 2 atom stereocenters. The number of benzene rings is 1. The fourth-order valence-corrected chi connectivity index (χ4v) is 3.76. The van der Waals surface area contributed by atoms with Crippen LogP contribution >= 0.6 is 0 Å². The molecular weight excluding hydrogens is 361 g/mol. The molecule has 1 aromatic carbocycles. The molecule has 0 bridgehead atoms. The van der Waals surface area contributed by atoms with Gasteiger partial charge in [0.1, 0.15) is 5.82 Å². The highest BCUT2D eigenvalue weighted by Gasteiger charge is 2.38. The molecule has 7 heteroatoms. The third-order valence-corrected chi connectivity index (χ3v) is 5.22. The zero-order chi connectivity index (χ0) is 19.5. The lowest BCUT2D eigenvalue weighted by Gasteiger charge is -2.25. The molecule has 0 radical (unpaired) electrons. The maximum Gasteiger partial charge on any atom is 0.256 e. The quantitative estimate of drug-likeness (QED) is 0.832. The van der Waals surface area contributed by atoms with Gasteiger partial charge in [-0.2, -0.15) is 0 Å². The molecule has 146 valence electrons. The van der Waals surface area contributed by atoms with Crippen molar-refractivity contribution in [3.05, 3.63) is 65.2 Å². The monoisotopic (exact) mass is 383 g/mol. The van der Waals surface area contributed by atoms with Crippen molar-refractivity contribution in [3.63, 3.8) is 0 Å². The number of hydrogen-bond acceptors (Lipinski definition) is 4. The number of nitrogens with one attached hydrogen (secondary N) is 1. The first-order valence-electron chi connectivity index (χ1n) is 9.50. The second-order valence-electron chi connectivity index (χ2n) is 7.15. The average molecular weight is 383 g/mol. The van der Waals surface area contributed by atoms with Crippen molar-refractivity contribution in [2.24, 2.45) is 0 Å². The third-order valence-electron chi connectivity index (χ3n) is 5.22. The Morgan fingerprint density at radius 1 is 1.29 bits per heavy atom. The Hall–Kier alpha value is -2.80. The minimum atomic E-state index is -0.446. The smallest absolute Gasteiger partial charge is 0.256 e. The number of ether oxygens (including phenoxy) is 1. The summed E-state index contributed by atoms with van der Waals surface area (Å²) in [7, 11) is 0. The number of nitrogens with zero attached hydrogens (tertiary/aromatic N) is 2. The fourth-order valence-electron chi connectivity index (χ4n) is 3.76. The number of amides is 2.